The summed E-state index contributed by atoms with van der Waals surface area (Å²) in [6.45, 7) is 0.735. The Morgan fingerprint density at radius 2 is 1.69 bits per heavy atom. The average molecular weight is 452 g/mol. The summed E-state index contributed by atoms with van der Waals surface area (Å²) in [7, 11) is 2.95. The van der Waals surface area contributed by atoms with Crippen molar-refractivity contribution in [2.75, 3.05) is 25.5 Å². The van der Waals surface area contributed by atoms with Crippen LogP contribution >= 0.6 is 11.6 Å². The standard InChI is InChI=1S/C25H26ClN3O3/c1-27-22(30)25(23(31)28(2)24(27)32)15-18-8-9-19(26)14-20(18)29-11-10-17(13-21(25)29)12-16-6-4-3-5-7-16/h3-9,14,17,21H,10-13,15H2,1-2H3/t17-,21+/m1/s1. The molecule has 166 valence electrons. The molecular weight excluding hydrogens is 426 g/mol. The van der Waals surface area contributed by atoms with Gasteiger partial charge >= 0.3 is 6.03 Å². The minimum Gasteiger partial charge on any atom is -0.367 e. The van der Waals surface area contributed by atoms with E-state index in [-0.39, 0.29) is 12.5 Å². The fourth-order valence-corrected chi connectivity index (χ4v) is 5.99. The Labute approximate surface area is 192 Å². The first-order valence-corrected chi connectivity index (χ1v) is 11.4. The molecule has 0 unspecified atom stereocenters. The van der Waals surface area contributed by atoms with E-state index >= 15 is 0 Å². The molecule has 2 atom stereocenters. The van der Waals surface area contributed by atoms with Crippen LogP contribution in [0.3, 0.4) is 0 Å². The number of imide groups is 2. The van der Waals surface area contributed by atoms with Gasteiger partial charge in [-0.25, -0.2) is 4.79 Å². The van der Waals surface area contributed by atoms with Gasteiger partial charge in [-0.3, -0.25) is 19.4 Å². The number of halogens is 1. The predicted octanol–water partition coefficient (Wildman–Crippen LogP) is 3.76. The first-order chi connectivity index (χ1) is 15.3. The van der Waals surface area contributed by atoms with Crippen molar-refractivity contribution in [2.45, 2.75) is 31.7 Å². The highest BCUT2D eigenvalue weighted by Gasteiger charge is 2.63. The Bertz CT molecular complexity index is 1080. The van der Waals surface area contributed by atoms with Gasteiger partial charge in [0.1, 0.15) is 0 Å². The van der Waals surface area contributed by atoms with Crippen molar-refractivity contribution < 1.29 is 14.4 Å². The molecule has 6 nitrogen and oxygen atoms in total. The molecule has 3 aliphatic rings. The van der Waals surface area contributed by atoms with Crippen LogP contribution in [0.2, 0.25) is 5.02 Å². The predicted molar refractivity (Wildman–Crippen MR) is 123 cm³/mol. The van der Waals surface area contributed by atoms with Crippen molar-refractivity contribution in [3.05, 3.63) is 64.7 Å². The van der Waals surface area contributed by atoms with Crippen molar-refractivity contribution in [1.82, 2.24) is 9.80 Å². The molecule has 0 radical (unpaired) electrons. The molecule has 0 aliphatic carbocycles. The Hall–Kier alpha value is -2.86. The second-order valence-corrected chi connectivity index (χ2v) is 9.66. The summed E-state index contributed by atoms with van der Waals surface area (Å²) in [5.74, 6) is -0.465. The van der Waals surface area contributed by atoms with Gasteiger partial charge in [-0.1, -0.05) is 48.0 Å². The van der Waals surface area contributed by atoms with Gasteiger partial charge in [-0.05, 0) is 54.9 Å². The van der Waals surface area contributed by atoms with E-state index < -0.39 is 23.3 Å². The quantitative estimate of drug-likeness (QED) is 0.652. The number of hydrogen-bond acceptors (Lipinski definition) is 4. The van der Waals surface area contributed by atoms with Crippen LogP contribution in [0.25, 0.3) is 0 Å². The summed E-state index contributed by atoms with van der Waals surface area (Å²) in [6.07, 6.45) is 2.84. The Morgan fingerprint density at radius 1 is 1.00 bits per heavy atom. The minimum absolute atomic E-state index is 0.276. The first-order valence-electron chi connectivity index (χ1n) is 11.0. The van der Waals surface area contributed by atoms with Crippen molar-refractivity contribution in [3.8, 4) is 0 Å². The normalized spacial score (nSPS) is 24.6. The number of carbonyl (C=O) groups is 3. The number of urea groups is 1. The molecule has 2 aromatic rings. The van der Waals surface area contributed by atoms with Gasteiger partial charge in [0.25, 0.3) is 0 Å². The smallest absolute Gasteiger partial charge is 0.332 e. The molecule has 2 saturated heterocycles. The first kappa shape index (κ1) is 21.0. The van der Waals surface area contributed by atoms with E-state index in [1.54, 1.807) is 6.07 Å². The number of fused-ring (bicyclic) bond motifs is 4. The van der Waals surface area contributed by atoms with Crippen LogP contribution in [0.1, 0.15) is 24.0 Å². The third-order valence-corrected chi connectivity index (χ3v) is 7.65. The Balaban J connectivity index is 1.59. The zero-order valence-electron chi connectivity index (χ0n) is 18.3. The summed E-state index contributed by atoms with van der Waals surface area (Å²) in [5, 5.41) is 0.635. The highest BCUT2D eigenvalue weighted by atomic mass is 35.5. The highest BCUT2D eigenvalue weighted by Crippen LogP contribution is 2.50. The lowest BCUT2D eigenvalue weighted by Crippen LogP contribution is -2.72. The molecule has 3 aliphatic heterocycles. The zero-order chi connectivity index (χ0) is 22.6. The number of rotatable bonds is 2. The maximum Gasteiger partial charge on any atom is 0.332 e. The number of benzene rings is 2. The lowest BCUT2D eigenvalue weighted by atomic mass is 9.64. The summed E-state index contributed by atoms with van der Waals surface area (Å²) < 4.78 is 0. The van der Waals surface area contributed by atoms with E-state index in [2.05, 4.69) is 17.0 Å². The molecule has 0 bridgehead atoms. The minimum atomic E-state index is -1.31. The average Bonchev–Trinajstić information content (AvgIpc) is 2.81. The van der Waals surface area contributed by atoms with Crippen LogP contribution in [-0.2, 0) is 22.4 Å². The molecule has 2 aromatic carbocycles. The number of anilines is 1. The SMILES string of the molecule is CN1C(=O)N(C)C(=O)C2(Cc3ccc(Cl)cc3N3CC[C@H](Cc4ccccc4)C[C@H]32)C1=O. The molecule has 0 N–H and O–H groups in total. The maximum atomic E-state index is 13.7. The molecule has 0 saturated carbocycles. The van der Waals surface area contributed by atoms with Crippen LogP contribution in [0.4, 0.5) is 10.5 Å². The number of carbonyl (C=O) groups excluding carboxylic acids is 3. The number of amides is 4. The van der Waals surface area contributed by atoms with Crippen molar-refractivity contribution in [3.63, 3.8) is 0 Å². The van der Waals surface area contributed by atoms with Gasteiger partial charge in [0.2, 0.25) is 11.8 Å². The van der Waals surface area contributed by atoms with Gasteiger partial charge in [-0.2, -0.15) is 0 Å². The molecule has 2 fully saturated rings. The largest absolute Gasteiger partial charge is 0.367 e. The van der Waals surface area contributed by atoms with Crippen molar-refractivity contribution in [1.29, 1.82) is 0 Å². The molecule has 5 rings (SSSR count). The van der Waals surface area contributed by atoms with Crippen LogP contribution in [0.15, 0.2) is 48.5 Å². The highest BCUT2D eigenvalue weighted by molar-refractivity contribution is 6.31. The monoisotopic (exact) mass is 451 g/mol. The van der Waals surface area contributed by atoms with E-state index in [1.807, 2.05) is 30.3 Å². The van der Waals surface area contributed by atoms with Crippen LogP contribution in [0.5, 0.6) is 0 Å². The summed E-state index contributed by atoms with van der Waals surface area (Å²) in [6, 6.07) is 15.1. The van der Waals surface area contributed by atoms with Crippen LogP contribution in [-0.4, -0.2) is 54.3 Å². The maximum absolute atomic E-state index is 13.7. The Morgan fingerprint density at radius 3 is 2.38 bits per heavy atom. The van der Waals surface area contributed by atoms with Gasteiger partial charge in [0, 0.05) is 31.4 Å². The lowest BCUT2D eigenvalue weighted by Gasteiger charge is -2.55. The third-order valence-electron chi connectivity index (χ3n) is 7.42. The molecule has 0 aromatic heterocycles. The topological polar surface area (TPSA) is 60.9 Å². The molecule has 3 heterocycles. The Kier molecular flexibility index (Phi) is 5.01. The van der Waals surface area contributed by atoms with Gasteiger partial charge < -0.3 is 4.90 Å². The van der Waals surface area contributed by atoms with Crippen LogP contribution in [0, 0.1) is 11.3 Å². The third kappa shape index (κ3) is 3.04. The molecule has 32 heavy (non-hydrogen) atoms. The van der Waals surface area contributed by atoms with Crippen LogP contribution < -0.4 is 4.90 Å². The van der Waals surface area contributed by atoms with E-state index in [0.29, 0.717) is 17.4 Å². The van der Waals surface area contributed by atoms with E-state index in [4.69, 9.17) is 11.6 Å². The second-order valence-electron chi connectivity index (χ2n) is 9.22. The van der Waals surface area contributed by atoms with Gasteiger partial charge in [0.05, 0.1) is 6.04 Å². The number of nitrogens with zero attached hydrogens (tertiary/aromatic N) is 3. The second kappa shape index (κ2) is 7.62. The van der Waals surface area contributed by atoms with E-state index in [0.717, 1.165) is 40.4 Å². The number of piperidine rings is 1. The molecule has 1 spiro atoms. The number of barbiturate groups is 1. The summed E-state index contributed by atoms with van der Waals surface area (Å²) in [5.41, 5.74) is 1.86. The molecule has 4 amide bonds. The van der Waals surface area contributed by atoms with E-state index in [9.17, 15) is 14.4 Å². The lowest BCUT2D eigenvalue weighted by molar-refractivity contribution is -0.160. The van der Waals surface area contributed by atoms with Gasteiger partial charge in [0.15, 0.2) is 5.41 Å². The van der Waals surface area contributed by atoms with Gasteiger partial charge in [-0.15, -0.1) is 0 Å². The fourth-order valence-electron chi connectivity index (χ4n) is 5.82. The number of hydrogen-bond donors (Lipinski definition) is 0. The molecular formula is C25H26ClN3O3. The van der Waals surface area contributed by atoms with Crippen molar-refractivity contribution in [2.24, 2.45) is 11.3 Å². The zero-order valence-corrected chi connectivity index (χ0v) is 19.0. The fraction of sp³-hybridized carbons (Fsp3) is 0.400. The molecule has 7 heteroatoms. The van der Waals surface area contributed by atoms with E-state index in [1.165, 1.54) is 19.7 Å². The summed E-state index contributed by atoms with van der Waals surface area (Å²) >= 11 is 6.32. The summed E-state index contributed by atoms with van der Waals surface area (Å²) in [4.78, 5) is 44.3. The van der Waals surface area contributed by atoms with Crippen molar-refractivity contribution >= 4 is 35.1 Å².